The second-order valence-corrected chi connectivity index (χ2v) is 6.99. The summed E-state index contributed by atoms with van der Waals surface area (Å²) in [7, 11) is 3.14. The molecular formula is C18H17ClFNO3S. The highest BCUT2D eigenvalue weighted by molar-refractivity contribution is 8.00. The number of carbonyl (C=O) groups is 1. The maximum atomic E-state index is 13.4. The molecule has 7 heteroatoms. The zero-order valence-electron chi connectivity index (χ0n) is 13.8. The van der Waals surface area contributed by atoms with E-state index in [1.54, 1.807) is 37.3 Å². The molecule has 0 spiro atoms. The van der Waals surface area contributed by atoms with E-state index < -0.39 is 5.82 Å². The van der Waals surface area contributed by atoms with Gasteiger partial charge in [-0.1, -0.05) is 29.8 Å². The van der Waals surface area contributed by atoms with Crippen LogP contribution in [0.4, 0.5) is 4.39 Å². The van der Waals surface area contributed by atoms with Gasteiger partial charge in [0.1, 0.15) is 11.2 Å². The van der Waals surface area contributed by atoms with Crippen LogP contribution in [0, 0.1) is 5.82 Å². The van der Waals surface area contributed by atoms with E-state index in [0.717, 1.165) is 11.1 Å². The molecule has 4 nitrogen and oxygen atoms in total. The van der Waals surface area contributed by atoms with Gasteiger partial charge in [-0.15, -0.1) is 11.8 Å². The molecule has 132 valence electrons. The molecule has 0 bridgehead atoms. The molecule has 1 saturated heterocycles. The third-order valence-electron chi connectivity index (χ3n) is 4.02. The lowest BCUT2D eigenvalue weighted by Crippen LogP contribution is -2.28. The minimum absolute atomic E-state index is 0.0142. The Balaban J connectivity index is 1.92. The number of hydrogen-bond donors (Lipinski definition) is 0. The van der Waals surface area contributed by atoms with Crippen LogP contribution in [-0.4, -0.2) is 30.8 Å². The molecule has 1 fully saturated rings. The lowest BCUT2D eigenvalue weighted by atomic mass is 10.1. The normalized spacial score (nSPS) is 17.0. The van der Waals surface area contributed by atoms with Crippen LogP contribution in [0.5, 0.6) is 11.5 Å². The molecule has 0 aromatic heterocycles. The largest absolute Gasteiger partial charge is 0.493 e. The van der Waals surface area contributed by atoms with Crippen LogP contribution in [-0.2, 0) is 11.3 Å². The summed E-state index contributed by atoms with van der Waals surface area (Å²) in [5.41, 5.74) is 1.64. The summed E-state index contributed by atoms with van der Waals surface area (Å²) < 4.78 is 24.2. The van der Waals surface area contributed by atoms with Crippen LogP contribution in [0.3, 0.4) is 0 Å². The van der Waals surface area contributed by atoms with Gasteiger partial charge in [-0.3, -0.25) is 4.79 Å². The van der Waals surface area contributed by atoms with Crippen LogP contribution >= 0.6 is 23.4 Å². The molecule has 1 amide bonds. The van der Waals surface area contributed by atoms with Crippen molar-refractivity contribution in [2.45, 2.75) is 11.9 Å². The summed E-state index contributed by atoms with van der Waals surface area (Å²) in [4.78, 5) is 14.1. The highest BCUT2D eigenvalue weighted by Crippen LogP contribution is 2.42. The molecule has 2 aromatic carbocycles. The maximum Gasteiger partial charge on any atom is 0.234 e. The second-order valence-electron chi connectivity index (χ2n) is 5.51. The monoisotopic (exact) mass is 381 g/mol. The van der Waals surface area contributed by atoms with Gasteiger partial charge in [-0.2, -0.15) is 0 Å². The van der Waals surface area contributed by atoms with Gasteiger partial charge >= 0.3 is 0 Å². The summed E-state index contributed by atoms with van der Waals surface area (Å²) in [6.45, 7) is 0.367. The van der Waals surface area contributed by atoms with E-state index in [1.807, 2.05) is 12.1 Å². The third kappa shape index (κ3) is 3.55. The molecular weight excluding hydrogens is 365 g/mol. The maximum absolute atomic E-state index is 13.4. The van der Waals surface area contributed by atoms with Gasteiger partial charge in [0.2, 0.25) is 5.91 Å². The van der Waals surface area contributed by atoms with Crippen molar-refractivity contribution in [1.82, 2.24) is 4.90 Å². The second kappa shape index (κ2) is 7.54. The van der Waals surface area contributed by atoms with Crippen molar-refractivity contribution >= 4 is 29.3 Å². The summed E-state index contributed by atoms with van der Waals surface area (Å²) in [6.07, 6.45) is 0. The zero-order valence-corrected chi connectivity index (χ0v) is 15.4. The summed E-state index contributed by atoms with van der Waals surface area (Å²) >= 11 is 7.39. The van der Waals surface area contributed by atoms with E-state index in [1.165, 1.54) is 17.8 Å². The Morgan fingerprint density at radius 1 is 1.28 bits per heavy atom. The number of ether oxygens (including phenoxy) is 2. The van der Waals surface area contributed by atoms with Crippen molar-refractivity contribution in [3.8, 4) is 11.5 Å². The Labute approximate surface area is 154 Å². The predicted molar refractivity (Wildman–Crippen MR) is 96.7 cm³/mol. The fraction of sp³-hybridized carbons (Fsp3) is 0.278. The fourth-order valence-corrected chi connectivity index (χ4v) is 4.20. The van der Waals surface area contributed by atoms with E-state index in [2.05, 4.69) is 0 Å². The summed E-state index contributed by atoms with van der Waals surface area (Å²) in [6, 6.07) is 10.1. The van der Waals surface area contributed by atoms with Gasteiger partial charge in [0.05, 0.1) is 31.5 Å². The molecule has 1 aliphatic rings. The first kappa shape index (κ1) is 17.9. The van der Waals surface area contributed by atoms with Crippen LogP contribution in [0.1, 0.15) is 16.5 Å². The summed E-state index contributed by atoms with van der Waals surface area (Å²) in [5, 5.41) is -0.169. The molecule has 0 radical (unpaired) electrons. The highest BCUT2D eigenvalue weighted by Gasteiger charge is 2.33. The number of hydrogen-bond acceptors (Lipinski definition) is 4. The number of halogens is 2. The van der Waals surface area contributed by atoms with Crippen molar-refractivity contribution in [3.63, 3.8) is 0 Å². The Morgan fingerprint density at radius 2 is 2.08 bits per heavy atom. The quantitative estimate of drug-likeness (QED) is 0.775. The fourth-order valence-electron chi connectivity index (χ4n) is 2.83. The molecule has 3 rings (SSSR count). The number of methoxy groups -OCH3 is 2. The Kier molecular flexibility index (Phi) is 5.39. The first-order valence-corrected chi connectivity index (χ1v) is 9.03. The molecule has 1 heterocycles. The van der Waals surface area contributed by atoms with Crippen molar-refractivity contribution in [3.05, 3.63) is 58.4 Å². The molecule has 0 aliphatic carbocycles. The molecule has 1 aliphatic heterocycles. The highest BCUT2D eigenvalue weighted by atomic mass is 35.5. The van der Waals surface area contributed by atoms with Crippen molar-refractivity contribution in [2.75, 3.05) is 20.0 Å². The van der Waals surface area contributed by atoms with E-state index in [9.17, 15) is 9.18 Å². The molecule has 1 atom stereocenters. The molecule has 2 aromatic rings. The van der Waals surface area contributed by atoms with E-state index in [0.29, 0.717) is 23.8 Å². The van der Waals surface area contributed by atoms with Crippen molar-refractivity contribution in [1.29, 1.82) is 0 Å². The van der Waals surface area contributed by atoms with Crippen LogP contribution in [0.25, 0.3) is 0 Å². The minimum atomic E-state index is -0.472. The van der Waals surface area contributed by atoms with E-state index in [4.69, 9.17) is 21.1 Å². The van der Waals surface area contributed by atoms with E-state index in [-0.39, 0.29) is 16.3 Å². The van der Waals surface area contributed by atoms with Crippen LogP contribution in [0.2, 0.25) is 5.02 Å². The number of para-hydroxylation sites is 1. The standard InChI is InChI=1S/C18H17ClFNO3S/c1-23-15-5-3-4-12(17(15)24-2)9-21-16(22)10-25-18(21)11-6-7-14(20)13(19)8-11/h3-8,18H,9-10H2,1-2H3. The van der Waals surface area contributed by atoms with E-state index >= 15 is 0 Å². The lowest BCUT2D eigenvalue weighted by molar-refractivity contribution is -0.128. The molecule has 1 unspecified atom stereocenters. The van der Waals surface area contributed by atoms with Gasteiger partial charge in [-0.05, 0) is 23.8 Å². The molecule has 0 saturated carbocycles. The van der Waals surface area contributed by atoms with Gasteiger partial charge in [0.25, 0.3) is 0 Å². The van der Waals surface area contributed by atoms with Gasteiger partial charge < -0.3 is 14.4 Å². The zero-order chi connectivity index (χ0) is 18.0. The van der Waals surface area contributed by atoms with Crippen molar-refractivity contribution < 1.29 is 18.7 Å². The number of amides is 1. The van der Waals surface area contributed by atoms with Gasteiger partial charge in [0.15, 0.2) is 11.5 Å². The SMILES string of the molecule is COc1cccc(CN2C(=O)CSC2c2ccc(F)c(Cl)c2)c1OC. The molecule has 0 N–H and O–H groups in total. The third-order valence-corrected chi connectivity index (χ3v) is 5.57. The topological polar surface area (TPSA) is 38.8 Å². The number of carbonyl (C=O) groups excluding carboxylic acids is 1. The first-order valence-electron chi connectivity index (χ1n) is 7.61. The average Bonchev–Trinajstić information content (AvgIpc) is 2.98. The minimum Gasteiger partial charge on any atom is -0.493 e. The van der Waals surface area contributed by atoms with Crippen molar-refractivity contribution in [2.24, 2.45) is 0 Å². The van der Waals surface area contributed by atoms with Crippen LogP contribution < -0.4 is 9.47 Å². The van der Waals surface area contributed by atoms with Gasteiger partial charge in [0, 0.05) is 5.56 Å². The smallest absolute Gasteiger partial charge is 0.234 e. The summed E-state index contributed by atoms with van der Waals surface area (Å²) in [5.74, 6) is 1.12. The number of benzene rings is 2. The lowest BCUT2D eigenvalue weighted by Gasteiger charge is -2.25. The first-order chi connectivity index (χ1) is 12.0. The van der Waals surface area contributed by atoms with Crippen LogP contribution in [0.15, 0.2) is 36.4 Å². The number of thioether (sulfide) groups is 1. The Bertz CT molecular complexity index is 802. The predicted octanol–water partition coefficient (Wildman–Crippen LogP) is 4.27. The number of nitrogens with zero attached hydrogens (tertiary/aromatic N) is 1. The Morgan fingerprint density at radius 3 is 2.76 bits per heavy atom. The van der Waals surface area contributed by atoms with Gasteiger partial charge in [-0.25, -0.2) is 4.39 Å². The average molecular weight is 382 g/mol. The Hall–Kier alpha value is -1.92. The number of rotatable bonds is 5. The molecule has 25 heavy (non-hydrogen) atoms.